The summed E-state index contributed by atoms with van der Waals surface area (Å²) in [7, 11) is 5.16. The van der Waals surface area contributed by atoms with Crippen LogP contribution in [-0.2, 0) is 4.74 Å². The van der Waals surface area contributed by atoms with Gasteiger partial charge in [-0.1, -0.05) is 0 Å². The van der Waals surface area contributed by atoms with E-state index in [0.717, 1.165) is 12.3 Å². The number of hydrogen-bond donors (Lipinski definition) is 0. The summed E-state index contributed by atoms with van der Waals surface area (Å²) in [6, 6.07) is 7.15. The quantitative estimate of drug-likeness (QED) is 0.673. The van der Waals surface area contributed by atoms with Crippen molar-refractivity contribution >= 4 is 5.78 Å². The Kier molecular flexibility index (Phi) is 5.66. The summed E-state index contributed by atoms with van der Waals surface area (Å²) in [5, 5.41) is 0. The van der Waals surface area contributed by atoms with Gasteiger partial charge in [-0.3, -0.25) is 9.69 Å². The Bertz CT molecular complexity index is 348. The molecule has 4 nitrogen and oxygen atoms in total. The Labute approximate surface area is 102 Å². The summed E-state index contributed by atoms with van der Waals surface area (Å²) in [5.74, 6) is 0.862. The summed E-state index contributed by atoms with van der Waals surface area (Å²) in [4.78, 5) is 13.8. The smallest absolute Gasteiger partial charge is 0.176 e. The Morgan fingerprint density at radius 3 is 2.41 bits per heavy atom. The molecule has 0 aromatic heterocycles. The van der Waals surface area contributed by atoms with Gasteiger partial charge in [0.05, 0.1) is 20.3 Å². The summed E-state index contributed by atoms with van der Waals surface area (Å²) in [5.41, 5.74) is 0.704. The van der Waals surface area contributed by atoms with E-state index in [9.17, 15) is 4.79 Å². The molecular weight excluding hydrogens is 218 g/mol. The van der Waals surface area contributed by atoms with Gasteiger partial charge in [0, 0.05) is 19.2 Å². The number of carbonyl (C=O) groups is 1. The highest BCUT2D eigenvalue weighted by Crippen LogP contribution is 2.11. The Morgan fingerprint density at radius 2 is 1.88 bits per heavy atom. The van der Waals surface area contributed by atoms with Crippen LogP contribution in [-0.4, -0.2) is 51.6 Å². The second-order valence-electron chi connectivity index (χ2n) is 3.88. The maximum absolute atomic E-state index is 11.9. The first-order valence-electron chi connectivity index (χ1n) is 5.52. The molecule has 1 rings (SSSR count). The van der Waals surface area contributed by atoms with Gasteiger partial charge in [0.25, 0.3) is 0 Å². The van der Waals surface area contributed by atoms with Gasteiger partial charge >= 0.3 is 0 Å². The minimum absolute atomic E-state index is 0.103. The normalized spacial score (nSPS) is 10.6. The lowest BCUT2D eigenvalue weighted by atomic mass is 10.1. The second-order valence-corrected chi connectivity index (χ2v) is 3.88. The first-order chi connectivity index (χ1) is 8.17. The number of carbonyl (C=O) groups excluding carboxylic acids is 1. The van der Waals surface area contributed by atoms with Crippen LogP contribution in [0.2, 0.25) is 0 Å². The molecule has 0 radical (unpaired) electrons. The fourth-order valence-corrected chi connectivity index (χ4v) is 1.44. The predicted octanol–water partition coefficient (Wildman–Crippen LogP) is 1.46. The fraction of sp³-hybridized carbons (Fsp3) is 0.462. The van der Waals surface area contributed by atoms with E-state index in [0.29, 0.717) is 18.7 Å². The van der Waals surface area contributed by atoms with Gasteiger partial charge in [0.2, 0.25) is 0 Å². The summed E-state index contributed by atoms with van der Waals surface area (Å²) >= 11 is 0. The Hall–Kier alpha value is -1.39. The monoisotopic (exact) mass is 237 g/mol. The third-order valence-electron chi connectivity index (χ3n) is 2.50. The Balaban J connectivity index is 2.51. The summed E-state index contributed by atoms with van der Waals surface area (Å²) in [6.45, 7) is 1.78. The topological polar surface area (TPSA) is 38.8 Å². The predicted molar refractivity (Wildman–Crippen MR) is 66.7 cm³/mol. The van der Waals surface area contributed by atoms with Crippen LogP contribution in [0.5, 0.6) is 5.75 Å². The van der Waals surface area contributed by atoms with Crippen molar-refractivity contribution in [3.05, 3.63) is 29.8 Å². The van der Waals surface area contributed by atoms with Gasteiger partial charge in [0.1, 0.15) is 5.75 Å². The number of methoxy groups -OCH3 is 2. The van der Waals surface area contributed by atoms with E-state index >= 15 is 0 Å². The molecule has 0 amide bonds. The average Bonchev–Trinajstić information content (AvgIpc) is 2.36. The SMILES string of the molecule is COCCN(C)CC(=O)c1ccc(OC)cc1. The van der Waals surface area contributed by atoms with Crippen LogP contribution in [0.25, 0.3) is 0 Å². The number of nitrogens with zero attached hydrogens (tertiary/aromatic N) is 1. The van der Waals surface area contributed by atoms with Crippen LogP contribution < -0.4 is 4.74 Å². The van der Waals surface area contributed by atoms with Crippen LogP contribution in [0.3, 0.4) is 0 Å². The standard InChI is InChI=1S/C13H19NO3/c1-14(8-9-16-2)10-13(15)11-4-6-12(17-3)7-5-11/h4-7H,8-10H2,1-3H3. The highest BCUT2D eigenvalue weighted by Gasteiger charge is 2.09. The van der Waals surface area contributed by atoms with E-state index < -0.39 is 0 Å². The number of Topliss-reactive ketones (excluding diaryl/α,β-unsaturated/α-hetero) is 1. The molecule has 0 aliphatic carbocycles. The number of rotatable bonds is 7. The van der Waals surface area contributed by atoms with Gasteiger partial charge < -0.3 is 9.47 Å². The minimum Gasteiger partial charge on any atom is -0.497 e. The number of likely N-dealkylation sites (N-methyl/N-ethyl adjacent to an activating group) is 1. The molecule has 0 atom stereocenters. The molecule has 0 fully saturated rings. The van der Waals surface area contributed by atoms with Crippen molar-refractivity contribution in [1.29, 1.82) is 0 Å². The van der Waals surface area contributed by atoms with Crippen molar-refractivity contribution in [3.8, 4) is 5.75 Å². The summed E-state index contributed by atoms with van der Waals surface area (Å²) in [6.07, 6.45) is 0. The third kappa shape index (κ3) is 4.54. The number of ketones is 1. The highest BCUT2D eigenvalue weighted by atomic mass is 16.5. The number of benzene rings is 1. The maximum Gasteiger partial charge on any atom is 0.176 e. The van der Waals surface area contributed by atoms with E-state index in [4.69, 9.17) is 9.47 Å². The first kappa shape index (κ1) is 13.7. The van der Waals surface area contributed by atoms with Crippen molar-refractivity contribution in [3.63, 3.8) is 0 Å². The van der Waals surface area contributed by atoms with Crippen molar-refractivity contribution in [2.24, 2.45) is 0 Å². The van der Waals surface area contributed by atoms with Crippen LogP contribution in [0.1, 0.15) is 10.4 Å². The number of ether oxygens (including phenoxy) is 2. The lowest BCUT2D eigenvalue weighted by Gasteiger charge is -2.14. The molecule has 0 N–H and O–H groups in total. The van der Waals surface area contributed by atoms with E-state index in [1.54, 1.807) is 38.5 Å². The maximum atomic E-state index is 11.9. The lowest BCUT2D eigenvalue weighted by molar-refractivity contribution is 0.0922. The molecule has 0 unspecified atom stereocenters. The molecule has 1 aromatic rings. The molecule has 17 heavy (non-hydrogen) atoms. The molecule has 0 saturated carbocycles. The molecule has 0 aliphatic heterocycles. The van der Waals surface area contributed by atoms with Crippen molar-refractivity contribution in [2.45, 2.75) is 0 Å². The largest absolute Gasteiger partial charge is 0.497 e. The minimum atomic E-state index is 0.103. The average molecular weight is 237 g/mol. The zero-order valence-corrected chi connectivity index (χ0v) is 10.6. The second kappa shape index (κ2) is 7.04. The molecule has 0 bridgehead atoms. The van der Waals surface area contributed by atoms with E-state index in [1.165, 1.54) is 0 Å². The van der Waals surface area contributed by atoms with Gasteiger partial charge in [-0.2, -0.15) is 0 Å². The van der Waals surface area contributed by atoms with E-state index in [1.807, 2.05) is 11.9 Å². The van der Waals surface area contributed by atoms with Gasteiger partial charge in [-0.25, -0.2) is 0 Å². The molecule has 4 heteroatoms. The molecule has 0 saturated heterocycles. The van der Waals surface area contributed by atoms with Gasteiger partial charge in [0.15, 0.2) is 5.78 Å². The van der Waals surface area contributed by atoms with Crippen molar-refractivity contribution in [2.75, 3.05) is 41.0 Å². The van der Waals surface area contributed by atoms with Crippen molar-refractivity contribution < 1.29 is 14.3 Å². The van der Waals surface area contributed by atoms with Crippen molar-refractivity contribution in [1.82, 2.24) is 4.90 Å². The van der Waals surface area contributed by atoms with E-state index in [-0.39, 0.29) is 5.78 Å². The van der Waals surface area contributed by atoms with Crippen LogP contribution in [0.15, 0.2) is 24.3 Å². The fourth-order valence-electron chi connectivity index (χ4n) is 1.44. The lowest BCUT2D eigenvalue weighted by Crippen LogP contribution is -2.29. The zero-order valence-electron chi connectivity index (χ0n) is 10.6. The van der Waals surface area contributed by atoms with E-state index in [2.05, 4.69) is 0 Å². The molecule has 1 aromatic carbocycles. The zero-order chi connectivity index (χ0) is 12.7. The van der Waals surface area contributed by atoms with Crippen LogP contribution in [0, 0.1) is 0 Å². The summed E-state index contributed by atoms with van der Waals surface area (Å²) < 4.78 is 10.0. The molecule has 0 aliphatic rings. The Morgan fingerprint density at radius 1 is 1.24 bits per heavy atom. The van der Waals surface area contributed by atoms with Gasteiger partial charge in [-0.15, -0.1) is 0 Å². The third-order valence-corrected chi connectivity index (χ3v) is 2.50. The molecule has 94 valence electrons. The van der Waals surface area contributed by atoms with Gasteiger partial charge in [-0.05, 0) is 31.3 Å². The van der Waals surface area contributed by atoms with Crippen LogP contribution >= 0.6 is 0 Å². The number of hydrogen-bond acceptors (Lipinski definition) is 4. The highest BCUT2D eigenvalue weighted by molar-refractivity contribution is 5.97. The molecule has 0 heterocycles. The molecular formula is C13H19NO3. The van der Waals surface area contributed by atoms with Crippen LogP contribution in [0.4, 0.5) is 0 Å². The first-order valence-corrected chi connectivity index (χ1v) is 5.52. The molecule has 0 spiro atoms.